The number of anilines is 1. The molecule has 2 rings (SSSR count). The van der Waals surface area contributed by atoms with Gasteiger partial charge >= 0.3 is 0 Å². The van der Waals surface area contributed by atoms with Crippen LogP contribution in [0, 0.1) is 10.1 Å². The molecule has 112 valence electrons. The number of benzene rings is 1. The molecule has 6 heteroatoms. The maximum absolute atomic E-state index is 11.2. The first-order valence-corrected chi connectivity index (χ1v) is 7.16. The van der Waals surface area contributed by atoms with E-state index >= 15 is 0 Å². The van der Waals surface area contributed by atoms with Crippen molar-refractivity contribution >= 4 is 11.4 Å². The molecule has 0 bridgehead atoms. The second kappa shape index (κ2) is 6.88. The third kappa shape index (κ3) is 3.59. The first-order chi connectivity index (χ1) is 10.2. The molecule has 0 saturated carbocycles. The third-order valence-electron chi connectivity index (χ3n) is 3.25. The minimum Gasteiger partial charge on any atom is -0.380 e. The predicted octanol–water partition coefficient (Wildman–Crippen LogP) is 3.22. The lowest BCUT2D eigenvalue weighted by Gasteiger charge is -2.09. The Labute approximate surface area is 124 Å². The van der Waals surface area contributed by atoms with Crippen molar-refractivity contribution in [1.82, 2.24) is 9.55 Å². The minimum absolute atomic E-state index is 0.117. The van der Waals surface area contributed by atoms with Crippen molar-refractivity contribution in [2.45, 2.75) is 33.2 Å². The van der Waals surface area contributed by atoms with E-state index in [1.807, 2.05) is 23.8 Å². The molecule has 21 heavy (non-hydrogen) atoms. The summed E-state index contributed by atoms with van der Waals surface area (Å²) in [6.45, 7) is 5.28. The molecule has 0 radical (unpaired) electrons. The number of nitrogens with one attached hydrogen (secondary N) is 1. The quantitative estimate of drug-likeness (QED) is 0.627. The summed E-state index contributed by atoms with van der Waals surface area (Å²) in [5.41, 5.74) is 1.58. The molecule has 0 fully saturated rings. The van der Waals surface area contributed by atoms with Crippen molar-refractivity contribution in [2.24, 2.45) is 0 Å². The van der Waals surface area contributed by atoms with Gasteiger partial charge in [-0.25, -0.2) is 4.98 Å². The van der Waals surface area contributed by atoms with E-state index in [1.165, 1.54) is 0 Å². The van der Waals surface area contributed by atoms with Crippen LogP contribution in [-0.4, -0.2) is 21.0 Å². The number of hydrogen-bond donors (Lipinski definition) is 1. The fourth-order valence-electron chi connectivity index (χ4n) is 2.30. The minimum atomic E-state index is -0.345. The summed E-state index contributed by atoms with van der Waals surface area (Å²) in [5.74, 6) is 1.01. The zero-order chi connectivity index (χ0) is 15.2. The fourth-order valence-corrected chi connectivity index (χ4v) is 2.30. The second-order valence-corrected chi connectivity index (χ2v) is 4.86. The maximum Gasteiger partial charge on any atom is 0.292 e. The van der Waals surface area contributed by atoms with Crippen LogP contribution in [0.15, 0.2) is 30.6 Å². The molecule has 0 aliphatic carbocycles. The van der Waals surface area contributed by atoms with Gasteiger partial charge in [0.25, 0.3) is 5.69 Å². The molecular formula is C15H20N4O2. The van der Waals surface area contributed by atoms with E-state index in [9.17, 15) is 10.1 Å². The summed E-state index contributed by atoms with van der Waals surface area (Å²) in [7, 11) is 0. The zero-order valence-corrected chi connectivity index (χ0v) is 12.4. The lowest BCUT2D eigenvalue weighted by molar-refractivity contribution is -0.384. The summed E-state index contributed by atoms with van der Waals surface area (Å²) in [4.78, 5) is 15.1. The summed E-state index contributed by atoms with van der Waals surface area (Å²) >= 11 is 0. The van der Waals surface area contributed by atoms with Crippen LogP contribution < -0.4 is 5.32 Å². The average Bonchev–Trinajstić information content (AvgIpc) is 2.88. The Morgan fingerprint density at radius 3 is 2.86 bits per heavy atom. The van der Waals surface area contributed by atoms with E-state index in [2.05, 4.69) is 17.2 Å². The van der Waals surface area contributed by atoms with Gasteiger partial charge in [0, 0.05) is 38.0 Å². The number of nitrogens with zero attached hydrogens (tertiary/aromatic N) is 3. The molecular weight excluding hydrogens is 268 g/mol. The standard InChI is InChI=1S/C15H20N4O2/c1-3-5-15-17-8-9-18(15)11-12-6-7-13(16-4-2)14(10-12)19(20)21/h6-10,16H,3-5,11H2,1-2H3. The lowest BCUT2D eigenvalue weighted by Crippen LogP contribution is -2.06. The molecule has 0 saturated heterocycles. The van der Waals surface area contributed by atoms with Gasteiger partial charge in [0.05, 0.1) is 4.92 Å². The van der Waals surface area contributed by atoms with Crippen molar-refractivity contribution in [3.63, 3.8) is 0 Å². The van der Waals surface area contributed by atoms with Crippen molar-refractivity contribution in [3.05, 3.63) is 52.1 Å². The van der Waals surface area contributed by atoms with Crippen LogP contribution in [0.1, 0.15) is 31.7 Å². The number of imidazole rings is 1. The molecule has 1 heterocycles. The highest BCUT2D eigenvalue weighted by atomic mass is 16.6. The Balaban J connectivity index is 2.26. The van der Waals surface area contributed by atoms with E-state index in [0.717, 1.165) is 24.2 Å². The van der Waals surface area contributed by atoms with Gasteiger partial charge in [-0.1, -0.05) is 13.0 Å². The van der Waals surface area contributed by atoms with E-state index in [1.54, 1.807) is 18.3 Å². The Morgan fingerprint density at radius 1 is 1.38 bits per heavy atom. The first kappa shape index (κ1) is 15.0. The summed E-state index contributed by atoms with van der Waals surface area (Å²) in [6.07, 6.45) is 5.61. The van der Waals surface area contributed by atoms with Crippen molar-refractivity contribution < 1.29 is 4.92 Å². The van der Waals surface area contributed by atoms with Crippen LogP contribution >= 0.6 is 0 Å². The van der Waals surface area contributed by atoms with Crippen LogP contribution in [-0.2, 0) is 13.0 Å². The van der Waals surface area contributed by atoms with Gasteiger partial charge in [-0.05, 0) is 25.0 Å². The largest absolute Gasteiger partial charge is 0.380 e. The molecule has 1 aromatic heterocycles. The normalized spacial score (nSPS) is 10.6. The monoisotopic (exact) mass is 288 g/mol. The SMILES string of the molecule is CCCc1nccn1Cc1ccc(NCC)c([N+](=O)[O-])c1. The Hall–Kier alpha value is -2.37. The van der Waals surface area contributed by atoms with Gasteiger partial charge < -0.3 is 9.88 Å². The number of aryl methyl sites for hydroxylation is 1. The van der Waals surface area contributed by atoms with Gasteiger partial charge in [0.1, 0.15) is 11.5 Å². The molecule has 2 aromatic rings. The molecule has 0 amide bonds. The highest BCUT2D eigenvalue weighted by molar-refractivity contribution is 5.62. The van der Waals surface area contributed by atoms with E-state index in [4.69, 9.17) is 0 Å². The van der Waals surface area contributed by atoms with Crippen LogP contribution in [0.25, 0.3) is 0 Å². The van der Waals surface area contributed by atoms with Crippen LogP contribution in [0.2, 0.25) is 0 Å². The number of nitro groups is 1. The Morgan fingerprint density at radius 2 is 2.19 bits per heavy atom. The van der Waals surface area contributed by atoms with Gasteiger partial charge in [0.15, 0.2) is 0 Å². The van der Waals surface area contributed by atoms with Crippen LogP contribution in [0.3, 0.4) is 0 Å². The second-order valence-electron chi connectivity index (χ2n) is 4.86. The first-order valence-electron chi connectivity index (χ1n) is 7.16. The number of hydrogen-bond acceptors (Lipinski definition) is 4. The predicted molar refractivity (Wildman–Crippen MR) is 82.6 cm³/mol. The summed E-state index contributed by atoms with van der Waals surface area (Å²) < 4.78 is 2.04. The van der Waals surface area contributed by atoms with E-state index < -0.39 is 0 Å². The zero-order valence-electron chi connectivity index (χ0n) is 12.4. The van der Waals surface area contributed by atoms with Gasteiger partial charge in [0.2, 0.25) is 0 Å². The van der Waals surface area contributed by atoms with Crippen molar-refractivity contribution in [2.75, 3.05) is 11.9 Å². The topological polar surface area (TPSA) is 73.0 Å². The molecule has 0 unspecified atom stereocenters. The smallest absolute Gasteiger partial charge is 0.292 e. The van der Waals surface area contributed by atoms with Gasteiger partial charge in [-0.2, -0.15) is 0 Å². The molecule has 0 aliphatic rings. The Kier molecular flexibility index (Phi) is 4.92. The lowest BCUT2D eigenvalue weighted by atomic mass is 10.1. The summed E-state index contributed by atoms with van der Waals surface area (Å²) in [5, 5.41) is 14.2. The maximum atomic E-state index is 11.2. The van der Waals surface area contributed by atoms with E-state index in [-0.39, 0.29) is 10.6 Å². The number of rotatable bonds is 7. The average molecular weight is 288 g/mol. The van der Waals surface area contributed by atoms with Crippen LogP contribution in [0.5, 0.6) is 0 Å². The van der Waals surface area contributed by atoms with Gasteiger partial charge in [-0.3, -0.25) is 10.1 Å². The number of nitro benzene ring substituents is 1. The molecule has 0 atom stereocenters. The third-order valence-corrected chi connectivity index (χ3v) is 3.25. The molecule has 6 nitrogen and oxygen atoms in total. The summed E-state index contributed by atoms with van der Waals surface area (Å²) in [6, 6.07) is 5.32. The molecule has 0 aliphatic heterocycles. The van der Waals surface area contributed by atoms with Crippen molar-refractivity contribution in [3.8, 4) is 0 Å². The highest BCUT2D eigenvalue weighted by Crippen LogP contribution is 2.26. The number of aromatic nitrogens is 2. The molecule has 1 N–H and O–H groups in total. The van der Waals surface area contributed by atoms with Gasteiger partial charge in [-0.15, -0.1) is 0 Å². The highest BCUT2D eigenvalue weighted by Gasteiger charge is 2.14. The van der Waals surface area contributed by atoms with Crippen LogP contribution in [0.4, 0.5) is 11.4 Å². The fraction of sp³-hybridized carbons (Fsp3) is 0.400. The Bertz CT molecular complexity index is 622. The van der Waals surface area contributed by atoms with E-state index in [0.29, 0.717) is 18.8 Å². The molecule has 1 aromatic carbocycles. The van der Waals surface area contributed by atoms with Crippen molar-refractivity contribution in [1.29, 1.82) is 0 Å². The molecule has 0 spiro atoms.